The van der Waals surface area contributed by atoms with E-state index in [9.17, 15) is 0 Å². The molecule has 0 spiro atoms. The monoisotopic (exact) mass is 302 g/mol. The van der Waals surface area contributed by atoms with E-state index in [-0.39, 0.29) is 5.28 Å². The van der Waals surface area contributed by atoms with Gasteiger partial charge in [0.15, 0.2) is 0 Å². The van der Waals surface area contributed by atoms with Gasteiger partial charge in [-0.05, 0) is 16.8 Å². The zero-order valence-electron chi connectivity index (χ0n) is 5.56. The molecule has 1 aromatic rings. The summed E-state index contributed by atoms with van der Waals surface area (Å²) in [5, 5.41) is 10.0. The van der Waals surface area contributed by atoms with Crippen LogP contribution in [0.5, 0.6) is 0 Å². The van der Waals surface area contributed by atoms with E-state index in [1.807, 2.05) is 0 Å². The lowest BCUT2D eigenvalue weighted by atomic mass is 10.7. The molecule has 0 amide bonds. The summed E-state index contributed by atoms with van der Waals surface area (Å²) in [7, 11) is 0. The molecule has 0 bridgehead atoms. The number of rotatable bonds is 1. The van der Waals surface area contributed by atoms with Crippen molar-refractivity contribution < 1.29 is 0 Å². The molecule has 0 aromatic carbocycles. The lowest BCUT2D eigenvalue weighted by Crippen LogP contribution is -2.36. The number of halogens is 6. The predicted octanol–water partition coefficient (Wildman–Crippen LogP) is 2.78. The van der Waals surface area contributed by atoms with E-state index in [2.05, 4.69) is 15.4 Å². The van der Waals surface area contributed by atoms with Gasteiger partial charge in [-0.15, -0.1) is 9.90 Å². The Hall–Kier alpha value is 0.810. The molecule has 0 aliphatic rings. The van der Waals surface area contributed by atoms with Crippen LogP contribution in [-0.4, -0.2) is 24.0 Å². The Labute approximate surface area is 103 Å². The van der Waals surface area contributed by atoms with Crippen molar-refractivity contribution in [2.45, 2.75) is 8.25 Å². The van der Waals surface area contributed by atoms with Gasteiger partial charge < -0.3 is 0 Å². The minimum absolute atomic E-state index is 0.153. The Morgan fingerprint density at radius 1 is 1.08 bits per heavy atom. The van der Waals surface area contributed by atoms with Crippen molar-refractivity contribution in [2.24, 2.45) is 0 Å². The first kappa shape index (κ1) is 11.9. The van der Waals surface area contributed by atoms with Gasteiger partial charge in [0.2, 0.25) is 3.79 Å². The highest BCUT2D eigenvalue weighted by atomic mass is 35.6. The molecule has 0 fully saturated rings. The standard InChI is InChI=1S/C3Cl6N4/c4-1-10-12-13(11-1)3(8,9)2(5,6)7. The Bertz CT molecular complexity index is 301. The molecule has 10 heteroatoms. The van der Waals surface area contributed by atoms with Crippen LogP contribution in [0.4, 0.5) is 0 Å². The van der Waals surface area contributed by atoms with Crippen LogP contribution in [0.1, 0.15) is 0 Å². The quantitative estimate of drug-likeness (QED) is 0.749. The fraction of sp³-hybridized carbons (Fsp3) is 0.667. The second-order valence-electron chi connectivity index (χ2n) is 1.89. The highest BCUT2D eigenvalue weighted by Gasteiger charge is 2.50. The first-order valence-electron chi connectivity index (χ1n) is 2.65. The average Bonchev–Trinajstić information content (AvgIpc) is 2.33. The predicted molar refractivity (Wildman–Crippen MR) is 52.8 cm³/mol. The molecule has 0 saturated heterocycles. The molecule has 0 saturated carbocycles. The summed E-state index contributed by atoms with van der Waals surface area (Å²) < 4.78 is -3.96. The van der Waals surface area contributed by atoms with Crippen LogP contribution < -0.4 is 0 Å². The third-order valence-corrected chi connectivity index (χ3v) is 3.40. The maximum absolute atomic E-state index is 5.66. The van der Waals surface area contributed by atoms with Gasteiger partial charge in [-0.1, -0.05) is 63.1 Å². The molecule has 1 aromatic heterocycles. The second-order valence-corrected chi connectivity index (χ2v) is 5.79. The molecule has 0 atom stereocenters. The van der Waals surface area contributed by atoms with Crippen molar-refractivity contribution >= 4 is 69.6 Å². The van der Waals surface area contributed by atoms with E-state index in [4.69, 9.17) is 69.6 Å². The van der Waals surface area contributed by atoms with Crippen LogP contribution in [-0.2, 0) is 4.46 Å². The van der Waals surface area contributed by atoms with Gasteiger partial charge in [0, 0.05) is 0 Å². The SMILES string of the molecule is Clc1nnn(C(Cl)(Cl)C(Cl)(Cl)Cl)n1. The summed E-state index contributed by atoms with van der Waals surface area (Å²) in [6.07, 6.45) is 0. The number of tetrazole rings is 1. The molecule has 74 valence electrons. The number of alkyl halides is 5. The largest absolute Gasteiger partial charge is 0.276 e. The number of aromatic nitrogens is 4. The molecule has 1 rings (SSSR count). The first-order chi connectivity index (χ1) is 5.75. The smallest absolute Gasteiger partial charge is 0.121 e. The fourth-order valence-corrected chi connectivity index (χ4v) is 0.905. The molecule has 4 nitrogen and oxygen atoms in total. The maximum atomic E-state index is 5.66. The van der Waals surface area contributed by atoms with Crippen LogP contribution in [0.15, 0.2) is 0 Å². The van der Waals surface area contributed by atoms with Gasteiger partial charge >= 0.3 is 0 Å². The summed E-state index contributed by atoms with van der Waals surface area (Å²) in [5.74, 6) is 0. The molecule has 0 aliphatic heterocycles. The molecule has 0 radical (unpaired) electrons. The average molecular weight is 305 g/mol. The van der Waals surface area contributed by atoms with Crippen molar-refractivity contribution in [1.82, 2.24) is 20.2 Å². The molecule has 0 unspecified atom stereocenters. The molecule has 0 N–H and O–H groups in total. The molecule has 13 heavy (non-hydrogen) atoms. The molecule has 1 heterocycles. The summed E-state index contributed by atoms with van der Waals surface area (Å²) in [6, 6.07) is 0. The van der Waals surface area contributed by atoms with E-state index < -0.39 is 8.25 Å². The van der Waals surface area contributed by atoms with Crippen LogP contribution >= 0.6 is 69.6 Å². The van der Waals surface area contributed by atoms with Gasteiger partial charge in [-0.3, -0.25) is 0 Å². The minimum Gasteiger partial charge on any atom is -0.121 e. The van der Waals surface area contributed by atoms with Crippen LogP contribution in [0.2, 0.25) is 5.28 Å². The van der Waals surface area contributed by atoms with Crippen molar-refractivity contribution in [3.05, 3.63) is 5.28 Å². The molecular weight excluding hydrogens is 305 g/mol. The highest BCUT2D eigenvalue weighted by Crippen LogP contribution is 2.48. The van der Waals surface area contributed by atoms with E-state index >= 15 is 0 Å². The third kappa shape index (κ3) is 2.43. The zero-order chi connectivity index (χ0) is 10.3. The normalized spacial score (nSPS) is 13.4. The van der Waals surface area contributed by atoms with Crippen molar-refractivity contribution in [1.29, 1.82) is 0 Å². The minimum atomic E-state index is -2.00. The molecule has 0 aliphatic carbocycles. The van der Waals surface area contributed by atoms with Gasteiger partial charge in [-0.25, -0.2) is 0 Å². The van der Waals surface area contributed by atoms with Crippen LogP contribution in [0.25, 0.3) is 0 Å². The van der Waals surface area contributed by atoms with Crippen molar-refractivity contribution in [2.75, 3.05) is 0 Å². The lowest BCUT2D eigenvalue weighted by Gasteiger charge is -2.24. The lowest BCUT2D eigenvalue weighted by molar-refractivity contribution is 0.460. The van der Waals surface area contributed by atoms with Crippen LogP contribution in [0.3, 0.4) is 0 Å². The Morgan fingerprint density at radius 3 is 1.92 bits per heavy atom. The van der Waals surface area contributed by atoms with Gasteiger partial charge in [0.1, 0.15) is 0 Å². The summed E-state index contributed by atoms with van der Waals surface area (Å²) >= 11 is 33.1. The third-order valence-electron chi connectivity index (χ3n) is 0.981. The Morgan fingerprint density at radius 2 is 1.62 bits per heavy atom. The van der Waals surface area contributed by atoms with Gasteiger partial charge in [0.05, 0.1) is 0 Å². The van der Waals surface area contributed by atoms with Crippen molar-refractivity contribution in [3.63, 3.8) is 0 Å². The number of hydrogen-bond acceptors (Lipinski definition) is 3. The van der Waals surface area contributed by atoms with Gasteiger partial charge in [0.25, 0.3) is 9.74 Å². The Kier molecular flexibility index (Phi) is 3.43. The number of hydrogen-bond donors (Lipinski definition) is 0. The zero-order valence-corrected chi connectivity index (χ0v) is 10.1. The topological polar surface area (TPSA) is 43.6 Å². The second kappa shape index (κ2) is 3.76. The van der Waals surface area contributed by atoms with E-state index in [0.717, 1.165) is 0 Å². The van der Waals surface area contributed by atoms with E-state index in [1.54, 1.807) is 0 Å². The first-order valence-corrected chi connectivity index (χ1v) is 4.92. The van der Waals surface area contributed by atoms with Crippen LogP contribution in [0, 0.1) is 0 Å². The summed E-state index contributed by atoms with van der Waals surface area (Å²) in [5.41, 5.74) is 0. The van der Waals surface area contributed by atoms with E-state index in [1.165, 1.54) is 0 Å². The summed E-state index contributed by atoms with van der Waals surface area (Å²) in [4.78, 5) is 0.700. The fourth-order valence-electron chi connectivity index (χ4n) is 0.430. The highest BCUT2D eigenvalue weighted by molar-refractivity contribution is 6.74. The number of nitrogens with zero attached hydrogens (tertiary/aromatic N) is 4. The summed E-state index contributed by atoms with van der Waals surface area (Å²) in [6.45, 7) is 0. The van der Waals surface area contributed by atoms with Gasteiger partial charge in [-0.2, -0.15) is 0 Å². The molecular formula is C3Cl6N4. The van der Waals surface area contributed by atoms with E-state index in [0.29, 0.717) is 4.80 Å². The maximum Gasteiger partial charge on any atom is 0.276 e. The Balaban J connectivity index is 3.07. The van der Waals surface area contributed by atoms with Crippen molar-refractivity contribution in [3.8, 4) is 0 Å².